The summed E-state index contributed by atoms with van der Waals surface area (Å²) in [5.74, 6) is 3.71. The van der Waals surface area contributed by atoms with Gasteiger partial charge in [0.15, 0.2) is 0 Å². The van der Waals surface area contributed by atoms with Crippen molar-refractivity contribution in [3.8, 4) is 17.7 Å². The summed E-state index contributed by atoms with van der Waals surface area (Å²) in [5, 5.41) is 1.09. The fraction of sp³-hybridized carbons (Fsp3) is 0.190. The second kappa shape index (κ2) is 7.59. The van der Waals surface area contributed by atoms with E-state index in [4.69, 9.17) is 10.5 Å². The van der Waals surface area contributed by atoms with Crippen LogP contribution >= 0.6 is 0 Å². The van der Waals surface area contributed by atoms with Gasteiger partial charge in [-0.15, -0.1) is 0 Å². The van der Waals surface area contributed by atoms with E-state index in [1.165, 1.54) is 0 Å². The number of hydrogen-bond donors (Lipinski definition) is 1. The van der Waals surface area contributed by atoms with Gasteiger partial charge in [0.05, 0.1) is 12.6 Å². The highest BCUT2D eigenvalue weighted by molar-refractivity contribution is 5.86. The molecule has 0 atom stereocenters. The first-order valence-electron chi connectivity index (χ1n) is 8.21. The van der Waals surface area contributed by atoms with Crippen molar-refractivity contribution in [1.82, 2.24) is 4.57 Å². The number of carbonyl (C=O) groups is 1. The number of benzene rings is 2. The van der Waals surface area contributed by atoms with Gasteiger partial charge in [0.25, 0.3) is 0 Å². The summed E-state index contributed by atoms with van der Waals surface area (Å²) in [7, 11) is 1.65. The maximum atomic E-state index is 11.0. The summed E-state index contributed by atoms with van der Waals surface area (Å²) in [6.07, 6.45) is 3.90. The van der Waals surface area contributed by atoms with Crippen molar-refractivity contribution in [3.63, 3.8) is 0 Å². The van der Waals surface area contributed by atoms with Gasteiger partial charge in [-0.25, -0.2) is 0 Å². The van der Waals surface area contributed by atoms with E-state index < -0.39 is 0 Å². The van der Waals surface area contributed by atoms with E-state index >= 15 is 0 Å². The van der Waals surface area contributed by atoms with Gasteiger partial charge in [0.1, 0.15) is 5.75 Å². The van der Waals surface area contributed by atoms with Crippen molar-refractivity contribution < 1.29 is 9.53 Å². The molecule has 1 heterocycles. The first-order chi connectivity index (χ1) is 12.2. The summed E-state index contributed by atoms with van der Waals surface area (Å²) in [4.78, 5) is 11.0. The third-order valence-electron chi connectivity index (χ3n) is 4.06. The Bertz CT molecular complexity index is 946. The fourth-order valence-corrected chi connectivity index (χ4v) is 2.80. The van der Waals surface area contributed by atoms with Crippen LogP contribution in [-0.2, 0) is 11.2 Å². The molecule has 0 fully saturated rings. The van der Waals surface area contributed by atoms with Crippen LogP contribution in [0.4, 0.5) is 0 Å². The number of aromatic nitrogens is 1. The monoisotopic (exact) mass is 332 g/mol. The standard InChI is InChI=1S/C21H20N2O2/c1-25-18-10-11-20-19(14-18)17(8-5-9-21(22)24)15-23(20)13-12-16-6-3-2-4-7-16/h2-4,6-7,10-11,14-15H,5,8-9H2,1H3,(H2,22,24). The zero-order chi connectivity index (χ0) is 17.6. The molecule has 0 radical (unpaired) electrons. The first-order valence-corrected chi connectivity index (χ1v) is 8.21. The highest BCUT2D eigenvalue weighted by Gasteiger charge is 2.09. The summed E-state index contributed by atoms with van der Waals surface area (Å²) in [5.41, 5.74) is 8.37. The largest absolute Gasteiger partial charge is 0.497 e. The number of amides is 1. The van der Waals surface area contributed by atoms with Crippen molar-refractivity contribution in [2.24, 2.45) is 5.73 Å². The average molecular weight is 332 g/mol. The molecule has 3 aromatic rings. The van der Waals surface area contributed by atoms with Gasteiger partial charge in [-0.05, 0) is 54.7 Å². The van der Waals surface area contributed by atoms with Crippen LogP contribution in [0.3, 0.4) is 0 Å². The molecule has 1 amide bonds. The van der Waals surface area contributed by atoms with Crippen LogP contribution in [0, 0.1) is 12.0 Å². The third kappa shape index (κ3) is 4.02. The minimum Gasteiger partial charge on any atom is -0.497 e. The molecule has 25 heavy (non-hydrogen) atoms. The molecule has 4 heteroatoms. The van der Waals surface area contributed by atoms with Crippen LogP contribution in [-0.4, -0.2) is 17.6 Å². The highest BCUT2D eigenvalue weighted by atomic mass is 16.5. The molecule has 3 rings (SSSR count). The van der Waals surface area contributed by atoms with Crippen LogP contribution < -0.4 is 10.5 Å². The van der Waals surface area contributed by atoms with Gasteiger partial charge in [-0.2, -0.15) is 0 Å². The minimum atomic E-state index is -0.273. The molecule has 4 nitrogen and oxygen atoms in total. The number of primary amides is 1. The van der Waals surface area contributed by atoms with Crippen LogP contribution in [0.15, 0.2) is 54.7 Å². The number of methoxy groups -OCH3 is 1. The number of fused-ring (bicyclic) bond motifs is 1. The lowest BCUT2D eigenvalue weighted by atomic mass is 10.1. The lowest BCUT2D eigenvalue weighted by molar-refractivity contribution is -0.118. The lowest BCUT2D eigenvalue weighted by Crippen LogP contribution is -2.10. The Balaban J connectivity index is 1.98. The zero-order valence-electron chi connectivity index (χ0n) is 14.2. The number of rotatable bonds is 5. The Morgan fingerprint density at radius 1 is 1.20 bits per heavy atom. The van der Waals surface area contributed by atoms with E-state index in [-0.39, 0.29) is 5.91 Å². The molecule has 0 aliphatic heterocycles. The molecular formula is C21H20N2O2. The molecule has 2 aromatic carbocycles. The predicted molar refractivity (Wildman–Crippen MR) is 99.3 cm³/mol. The van der Waals surface area contributed by atoms with Gasteiger partial charge in [0, 0.05) is 29.6 Å². The van der Waals surface area contributed by atoms with Crippen LogP contribution in [0.1, 0.15) is 24.0 Å². The van der Waals surface area contributed by atoms with Crippen LogP contribution in [0.25, 0.3) is 10.9 Å². The Morgan fingerprint density at radius 2 is 2.00 bits per heavy atom. The highest BCUT2D eigenvalue weighted by Crippen LogP contribution is 2.26. The van der Waals surface area contributed by atoms with Gasteiger partial charge < -0.3 is 10.5 Å². The molecule has 1 aromatic heterocycles. The maximum absolute atomic E-state index is 11.0. The molecule has 0 saturated heterocycles. The molecule has 0 aliphatic rings. The number of carbonyl (C=O) groups excluding carboxylic acids is 1. The Morgan fingerprint density at radius 3 is 2.72 bits per heavy atom. The molecular weight excluding hydrogens is 312 g/mol. The van der Waals surface area contributed by atoms with E-state index in [9.17, 15) is 4.79 Å². The quantitative estimate of drug-likeness (QED) is 0.729. The van der Waals surface area contributed by atoms with E-state index in [1.54, 1.807) is 7.11 Å². The van der Waals surface area contributed by atoms with E-state index in [2.05, 4.69) is 12.0 Å². The van der Waals surface area contributed by atoms with Crippen molar-refractivity contribution in [2.75, 3.05) is 7.11 Å². The first kappa shape index (κ1) is 16.7. The van der Waals surface area contributed by atoms with E-state index in [0.29, 0.717) is 6.42 Å². The molecule has 0 unspecified atom stereocenters. The SMILES string of the molecule is COc1ccc2c(c1)c(CCCC(N)=O)cn2C#Cc1ccccc1. The van der Waals surface area contributed by atoms with Gasteiger partial charge in [-0.1, -0.05) is 18.2 Å². The van der Waals surface area contributed by atoms with E-state index in [0.717, 1.165) is 40.6 Å². The molecule has 0 bridgehead atoms. The fourth-order valence-electron chi connectivity index (χ4n) is 2.80. The number of aryl methyl sites for hydroxylation is 1. The summed E-state index contributed by atoms with van der Waals surface area (Å²) in [6.45, 7) is 0. The van der Waals surface area contributed by atoms with Crippen molar-refractivity contribution in [3.05, 3.63) is 65.9 Å². The second-order valence-corrected chi connectivity index (χ2v) is 5.83. The van der Waals surface area contributed by atoms with Gasteiger partial charge in [0.2, 0.25) is 5.91 Å². The van der Waals surface area contributed by atoms with Gasteiger partial charge >= 0.3 is 0 Å². The van der Waals surface area contributed by atoms with Crippen molar-refractivity contribution >= 4 is 16.8 Å². The molecule has 0 aliphatic carbocycles. The molecule has 126 valence electrons. The summed E-state index contributed by atoms with van der Waals surface area (Å²) < 4.78 is 7.27. The zero-order valence-corrected chi connectivity index (χ0v) is 14.2. The summed E-state index contributed by atoms with van der Waals surface area (Å²) >= 11 is 0. The van der Waals surface area contributed by atoms with Crippen molar-refractivity contribution in [1.29, 1.82) is 0 Å². The second-order valence-electron chi connectivity index (χ2n) is 5.83. The predicted octanol–water partition coefficient (Wildman–Crippen LogP) is 3.32. The molecule has 0 saturated carbocycles. The van der Waals surface area contributed by atoms with Crippen molar-refractivity contribution in [2.45, 2.75) is 19.3 Å². The van der Waals surface area contributed by atoms with Crippen LogP contribution in [0.2, 0.25) is 0 Å². The number of hydrogen-bond acceptors (Lipinski definition) is 2. The topological polar surface area (TPSA) is 57.2 Å². The van der Waals surface area contributed by atoms with Crippen LogP contribution in [0.5, 0.6) is 5.75 Å². The third-order valence-corrected chi connectivity index (χ3v) is 4.06. The maximum Gasteiger partial charge on any atom is 0.217 e. The average Bonchev–Trinajstić information content (AvgIpc) is 2.97. The normalized spacial score (nSPS) is 10.3. The lowest BCUT2D eigenvalue weighted by Gasteiger charge is -2.02. The summed E-state index contributed by atoms with van der Waals surface area (Å²) in [6, 6.07) is 19.0. The Kier molecular flexibility index (Phi) is 5.06. The number of ether oxygens (including phenoxy) is 1. The smallest absolute Gasteiger partial charge is 0.217 e. The van der Waals surface area contributed by atoms with Gasteiger partial charge in [-0.3, -0.25) is 9.36 Å². The number of nitrogens with two attached hydrogens (primary N) is 1. The number of nitrogens with zero attached hydrogens (tertiary/aromatic N) is 1. The Hall–Kier alpha value is -3.19. The Labute approximate surface area is 147 Å². The molecule has 0 spiro atoms. The molecule has 2 N–H and O–H groups in total. The minimum absolute atomic E-state index is 0.273. The van der Waals surface area contributed by atoms with E-state index in [1.807, 2.05) is 59.3 Å².